The average Bonchev–Trinajstić information content (AvgIpc) is 3.33. The second-order valence-corrected chi connectivity index (χ2v) is 9.00. The Morgan fingerprint density at radius 2 is 1.97 bits per heavy atom. The second-order valence-electron chi connectivity index (χ2n) is 9.00. The predicted molar refractivity (Wildman–Crippen MR) is 104 cm³/mol. The number of para-hydroxylation sites is 1. The molecule has 3 N–H and O–H groups in total. The SMILES string of the molecule is C[C@H]1CCC2C(OC(=O)C23CC(c2cccc(O)c2O)=NO3)[C@]2(C)C(=O)C=C[C@@]12O. The van der Waals surface area contributed by atoms with E-state index in [1.807, 2.05) is 6.92 Å². The molecule has 4 aliphatic rings. The number of esters is 1. The van der Waals surface area contributed by atoms with Crippen molar-refractivity contribution < 1.29 is 34.5 Å². The Hall–Kier alpha value is -2.87. The zero-order valence-corrected chi connectivity index (χ0v) is 16.7. The third-order valence-corrected chi connectivity index (χ3v) is 7.68. The van der Waals surface area contributed by atoms with Crippen LogP contribution in [0.1, 0.15) is 38.7 Å². The Labute approximate surface area is 172 Å². The Balaban J connectivity index is 1.55. The lowest BCUT2D eigenvalue weighted by molar-refractivity contribution is -0.169. The molecule has 5 rings (SSSR count). The number of phenolic OH excluding ortho intramolecular Hbond substituents is 2. The number of aromatic hydroxyl groups is 2. The maximum Gasteiger partial charge on any atom is 0.354 e. The lowest BCUT2D eigenvalue weighted by atomic mass is 9.63. The second kappa shape index (κ2) is 5.85. The number of benzene rings is 1. The highest BCUT2D eigenvalue weighted by Gasteiger charge is 2.73. The number of ether oxygens (including phenoxy) is 1. The molecule has 2 aliphatic heterocycles. The molecule has 30 heavy (non-hydrogen) atoms. The summed E-state index contributed by atoms with van der Waals surface area (Å²) in [6, 6.07) is 4.48. The molecule has 2 heterocycles. The molecule has 1 spiro atoms. The van der Waals surface area contributed by atoms with Gasteiger partial charge in [0.05, 0.1) is 11.6 Å². The number of oxime groups is 1. The summed E-state index contributed by atoms with van der Waals surface area (Å²) in [6.45, 7) is 3.54. The minimum absolute atomic E-state index is 0.0362. The van der Waals surface area contributed by atoms with Crippen LogP contribution in [-0.4, -0.2) is 50.1 Å². The van der Waals surface area contributed by atoms with Crippen LogP contribution < -0.4 is 0 Å². The molecule has 2 fully saturated rings. The number of fused-ring (bicyclic) bond motifs is 4. The summed E-state index contributed by atoms with van der Waals surface area (Å²) in [5, 5.41) is 35.5. The van der Waals surface area contributed by atoms with Crippen molar-refractivity contribution in [2.24, 2.45) is 22.4 Å². The number of rotatable bonds is 1. The first-order valence-electron chi connectivity index (χ1n) is 10.1. The van der Waals surface area contributed by atoms with Gasteiger partial charge in [-0.25, -0.2) is 4.79 Å². The van der Waals surface area contributed by atoms with Crippen LogP contribution in [0, 0.1) is 17.3 Å². The van der Waals surface area contributed by atoms with Crippen molar-refractivity contribution in [1.82, 2.24) is 0 Å². The van der Waals surface area contributed by atoms with Gasteiger partial charge in [0.2, 0.25) is 5.60 Å². The number of aliphatic hydroxyl groups is 1. The van der Waals surface area contributed by atoms with Crippen molar-refractivity contribution in [2.75, 3.05) is 0 Å². The Morgan fingerprint density at radius 3 is 2.73 bits per heavy atom. The number of hydrogen-bond donors (Lipinski definition) is 3. The first-order chi connectivity index (χ1) is 14.1. The van der Waals surface area contributed by atoms with Crippen LogP contribution in [0.2, 0.25) is 0 Å². The van der Waals surface area contributed by atoms with E-state index in [9.17, 15) is 24.9 Å². The summed E-state index contributed by atoms with van der Waals surface area (Å²) in [5.74, 6) is -2.27. The quantitative estimate of drug-likeness (QED) is 0.473. The summed E-state index contributed by atoms with van der Waals surface area (Å²) < 4.78 is 5.75. The van der Waals surface area contributed by atoms with Gasteiger partial charge in [0.15, 0.2) is 17.3 Å². The van der Waals surface area contributed by atoms with Gasteiger partial charge in [0.25, 0.3) is 0 Å². The van der Waals surface area contributed by atoms with E-state index >= 15 is 0 Å². The van der Waals surface area contributed by atoms with Crippen molar-refractivity contribution in [2.45, 2.75) is 50.4 Å². The molecule has 8 heteroatoms. The van der Waals surface area contributed by atoms with Crippen LogP contribution in [0.5, 0.6) is 11.5 Å². The first-order valence-corrected chi connectivity index (χ1v) is 10.1. The third-order valence-electron chi connectivity index (χ3n) is 7.68. The van der Waals surface area contributed by atoms with E-state index in [1.54, 1.807) is 19.1 Å². The van der Waals surface area contributed by atoms with Gasteiger partial charge in [-0.05, 0) is 50.0 Å². The minimum Gasteiger partial charge on any atom is -0.504 e. The molecule has 6 atom stereocenters. The summed E-state index contributed by atoms with van der Waals surface area (Å²) in [7, 11) is 0. The Bertz CT molecular complexity index is 1030. The van der Waals surface area contributed by atoms with E-state index in [0.717, 1.165) is 0 Å². The van der Waals surface area contributed by atoms with Crippen LogP contribution in [0.15, 0.2) is 35.5 Å². The zero-order chi connectivity index (χ0) is 21.5. The fourth-order valence-electron chi connectivity index (χ4n) is 5.70. The van der Waals surface area contributed by atoms with E-state index in [-0.39, 0.29) is 35.2 Å². The summed E-state index contributed by atoms with van der Waals surface area (Å²) >= 11 is 0. The van der Waals surface area contributed by atoms with E-state index in [1.165, 1.54) is 18.2 Å². The fourth-order valence-corrected chi connectivity index (χ4v) is 5.70. The Kier molecular flexibility index (Phi) is 3.72. The normalized spacial score (nSPS) is 41.8. The van der Waals surface area contributed by atoms with Crippen molar-refractivity contribution in [1.29, 1.82) is 0 Å². The van der Waals surface area contributed by atoms with Gasteiger partial charge >= 0.3 is 5.97 Å². The number of carbonyl (C=O) groups excluding carboxylic acids is 2. The maximum absolute atomic E-state index is 13.1. The van der Waals surface area contributed by atoms with E-state index in [0.29, 0.717) is 18.6 Å². The highest BCUT2D eigenvalue weighted by atomic mass is 16.7. The van der Waals surface area contributed by atoms with Crippen LogP contribution in [0.25, 0.3) is 0 Å². The predicted octanol–water partition coefficient (Wildman–Crippen LogP) is 1.81. The lowest BCUT2D eigenvalue weighted by Crippen LogP contribution is -2.57. The number of hydrogen-bond acceptors (Lipinski definition) is 8. The molecule has 0 radical (unpaired) electrons. The van der Waals surface area contributed by atoms with E-state index in [2.05, 4.69) is 5.16 Å². The highest BCUT2D eigenvalue weighted by Crippen LogP contribution is 2.59. The summed E-state index contributed by atoms with van der Waals surface area (Å²) in [4.78, 5) is 31.7. The zero-order valence-electron chi connectivity index (χ0n) is 16.7. The fraction of sp³-hybridized carbons (Fsp3) is 0.500. The number of allylic oxidation sites excluding steroid dienone is 1. The molecule has 1 aromatic rings. The van der Waals surface area contributed by atoms with Crippen LogP contribution in [-0.2, 0) is 19.2 Å². The topological polar surface area (TPSA) is 126 Å². The molecule has 0 bridgehead atoms. The molecule has 1 saturated heterocycles. The molecular formula is C22H23NO7. The minimum atomic E-state index is -1.44. The van der Waals surface area contributed by atoms with Gasteiger partial charge in [-0.1, -0.05) is 18.1 Å². The molecule has 0 aromatic heterocycles. The van der Waals surface area contributed by atoms with Crippen LogP contribution in [0.4, 0.5) is 0 Å². The van der Waals surface area contributed by atoms with Gasteiger partial charge in [0.1, 0.15) is 17.1 Å². The summed E-state index contributed by atoms with van der Waals surface area (Å²) in [6.07, 6.45) is 3.15. The van der Waals surface area contributed by atoms with Gasteiger partial charge in [0, 0.05) is 12.0 Å². The molecular weight excluding hydrogens is 390 g/mol. The molecule has 8 nitrogen and oxygen atoms in total. The molecule has 2 aliphatic carbocycles. The van der Waals surface area contributed by atoms with Gasteiger partial charge in [-0.3, -0.25) is 4.79 Å². The largest absolute Gasteiger partial charge is 0.504 e. The van der Waals surface area contributed by atoms with Crippen LogP contribution in [0.3, 0.4) is 0 Å². The average molecular weight is 413 g/mol. The smallest absolute Gasteiger partial charge is 0.354 e. The highest BCUT2D eigenvalue weighted by molar-refractivity contribution is 6.08. The van der Waals surface area contributed by atoms with Crippen molar-refractivity contribution >= 4 is 17.5 Å². The molecule has 0 amide bonds. The third kappa shape index (κ3) is 2.07. The standard InChI is InChI=1S/C22H23NO7/c1-11-6-7-13-18(20(2)16(25)8-9-22(11,20)28)29-19(27)21(13)10-14(23-30-21)12-4-3-5-15(24)17(12)26/h3-5,8-9,11,13,18,24,26,28H,6-7,10H2,1-2H3/t11-,13?,18?,20-,21?,22+/m0/s1. The van der Waals surface area contributed by atoms with Gasteiger partial charge < -0.3 is 24.9 Å². The van der Waals surface area contributed by atoms with Crippen molar-refractivity contribution in [3.63, 3.8) is 0 Å². The number of phenols is 2. The lowest BCUT2D eigenvalue weighted by Gasteiger charge is -2.43. The number of ketones is 1. The molecule has 1 saturated carbocycles. The van der Waals surface area contributed by atoms with Crippen molar-refractivity contribution in [3.05, 3.63) is 35.9 Å². The Morgan fingerprint density at radius 1 is 1.20 bits per heavy atom. The monoisotopic (exact) mass is 413 g/mol. The first kappa shape index (κ1) is 19.1. The van der Waals surface area contributed by atoms with Gasteiger partial charge in [-0.15, -0.1) is 0 Å². The number of carbonyl (C=O) groups is 2. The van der Waals surface area contributed by atoms with E-state index < -0.39 is 34.6 Å². The van der Waals surface area contributed by atoms with E-state index in [4.69, 9.17) is 9.57 Å². The van der Waals surface area contributed by atoms with Crippen LogP contribution >= 0.6 is 0 Å². The van der Waals surface area contributed by atoms with Crippen molar-refractivity contribution in [3.8, 4) is 11.5 Å². The molecule has 158 valence electrons. The maximum atomic E-state index is 13.1. The molecule has 1 aromatic carbocycles. The molecule has 3 unspecified atom stereocenters. The summed E-state index contributed by atoms with van der Waals surface area (Å²) in [5.41, 5.74) is -3.58. The number of nitrogens with zero attached hydrogens (tertiary/aromatic N) is 1. The van der Waals surface area contributed by atoms with Gasteiger partial charge in [-0.2, -0.15) is 0 Å².